The average Bonchev–Trinajstić information content (AvgIpc) is 3.10. The molecular weight excluding hydrogens is 476 g/mol. The van der Waals surface area contributed by atoms with Crippen LogP contribution in [0.1, 0.15) is 58.3 Å². The molecule has 0 spiro atoms. The maximum Gasteiger partial charge on any atom is 0.257 e. The smallest absolute Gasteiger partial charge is 0.257 e. The third kappa shape index (κ3) is 4.89. The van der Waals surface area contributed by atoms with Gasteiger partial charge in [0.25, 0.3) is 11.8 Å². The number of halogens is 1. The fourth-order valence-corrected chi connectivity index (χ4v) is 5.92. The summed E-state index contributed by atoms with van der Waals surface area (Å²) in [6.07, 6.45) is 2.91. The molecule has 2 aromatic rings. The van der Waals surface area contributed by atoms with Gasteiger partial charge in [0.2, 0.25) is 0 Å². The van der Waals surface area contributed by atoms with E-state index in [0.717, 1.165) is 29.3 Å². The lowest BCUT2D eigenvalue weighted by molar-refractivity contribution is 0.0303. The van der Waals surface area contributed by atoms with Crippen LogP contribution in [0.5, 0.6) is 0 Å². The topological polar surface area (TPSA) is 58.6 Å². The number of hydrogen-bond acceptors (Lipinski definition) is 4. The maximum atomic E-state index is 13.5. The van der Waals surface area contributed by atoms with Crippen LogP contribution in [0.15, 0.2) is 28.7 Å². The molecule has 2 heterocycles. The van der Waals surface area contributed by atoms with Crippen molar-refractivity contribution in [3.8, 4) is 0 Å². The van der Waals surface area contributed by atoms with Crippen LogP contribution >= 0.6 is 27.3 Å². The molecule has 2 aliphatic rings. The number of ether oxygens (including phenoxy) is 1. The van der Waals surface area contributed by atoms with Gasteiger partial charge in [-0.25, -0.2) is 0 Å². The normalized spacial score (nSPS) is 19.1. The molecule has 1 aliphatic heterocycles. The van der Waals surface area contributed by atoms with Gasteiger partial charge in [-0.2, -0.15) is 0 Å². The van der Waals surface area contributed by atoms with Gasteiger partial charge in [-0.05, 0) is 60.4 Å². The summed E-state index contributed by atoms with van der Waals surface area (Å²) in [6, 6.07) is 7.27. The first-order valence-electron chi connectivity index (χ1n) is 10.8. The molecule has 1 aromatic heterocycles. The summed E-state index contributed by atoms with van der Waals surface area (Å²) in [5.41, 5.74) is 2.62. The molecule has 1 unspecified atom stereocenters. The SMILES string of the molecule is CC(C)(C)C1CCc2c(sc(NC(=O)c3ccc(Br)cc3)c2C(=O)N2CCOCC2)C1. The maximum absolute atomic E-state index is 13.5. The fraction of sp³-hybridized carbons (Fsp3) is 0.500. The zero-order valence-electron chi connectivity index (χ0n) is 18.3. The monoisotopic (exact) mass is 504 g/mol. The number of carbonyl (C=O) groups excluding carboxylic acids is 2. The third-order valence-electron chi connectivity index (χ3n) is 6.34. The number of fused-ring (bicyclic) bond motifs is 1. The van der Waals surface area contributed by atoms with Crippen LogP contribution in [0.25, 0.3) is 0 Å². The Balaban J connectivity index is 1.67. The van der Waals surface area contributed by atoms with E-state index < -0.39 is 0 Å². The zero-order valence-corrected chi connectivity index (χ0v) is 20.7. The first kappa shape index (κ1) is 22.5. The van der Waals surface area contributed by atoms with Crippen molar-refractivity contribution in [3.05, 3.63) is 50.3 Å². The van der Waals surface area contributed by atoms with Gasteiger partial charge in [0.1, 0.15) is 5.00 Å². The van der Waals surface area contributed by atoms with E-state index in [1.807, 2.05) is 17.0 Å². The summed E-state index contributed by atoms with van der Waals surface area (Å²) in [6.45, 7) is 9.16. The number of nitrogens with one attached hydrogen (secondary N) is 1. The average molecular weight is 505 g/mol. The molecule has 2 amide bonds. The van der Waals surface area contributed by atoms with Crippen molar-refractivity contribution in [2.75, 3.05) is 31.6 Å². The van der Waals surface area contributed by atoms with E-state index in [4.69, 9.17) is 4.74 Å². The molecule has 1 aliphatic carbocycles. The lowest BCUT2D eigenvalue weighted by Gasteiger charge is -2.34. The second-order valence-corrected chi connectivity index (χ2v) is 11.4. The van der Waals surface area contributed by atoms with Gasteiger partial charge in [0, 0.05) is 28.0 Å². The van der Waals surface area contributed by atoms with Crippen LogP contribution < -0.4 is 5.32 Å². The summed E-state index contributed by atoms with van der Waals surface area (Å²) in [5, 5.41) is 3.75. The van der Waals surface area contributed by atoms with Crippen LogP contribution in [0, 0.1) is 11.3 Å². The summed E-state index contributed by atoms with van der Waals surface area (Å²) in [5.74, 6) is 0.399. The Morgan fingerprint density at radius 1 is 1.16 bits per heavy atom. The van der Waals surface area contributed by atoms with E-state index in [0.29, 0.717) is 48.3 Å². The van der Waals surface area contributed by atoms with Crippen LogP contribution in [0.3, 0.4) is 0 Å². The van der Waals surface area contributed by atoms with Crippen molar-refractivity contribution in [1.82, 2.24) is 4.90 Å². The molecule has 1 aromatic carbocycles. The van der Waals surface area contributed by atoms with E-state index >= 15 is 0 Å². The largest absolute Gasteiger partial charge is 0.378 e. The molecule has 7 heteroatoms. The van der Waals surface area contributed by atoms with Crippen LogP contribution in [-0.2, 0) is 17.6 Å². The molecule has 5 nitrogen and oxygen atoms in total. The number of carbonyl (C=O) groups is 2. The van der Waals surface area contributed by atoms with Crippen LogP contribution in [0.2, 0.25) is 0 Å². The Kier molecular flexibility index (Phi) is 6.56. The standard InChI is InChI=1S/C24H29BrN2O3S/c1-24(2,3)16-6-9-18-19(14-16)31-22(20(18)23(29)27-10-12-30-13-11-27)26-21(28)15-4-7-17(25)8-5-15/h4-5,7-8,16H,6,9-14H2,1-3H3,(H,26,28). The molecule has 1 saturated heterocycles. The predicted molar refractivity (Wildman–Crippen MR) is 128 cm³/mol. The Morgan fingerprint density at radius 3 is 2.48 bits per heavy atom. The highest BCUT2D eigenvalue weighted by atomic mass is 79.9. The van der Waals surface area contributed by atoms with E-state index in [9.17, 15) is 9.59 Å². The number of thiophene rings is 1. The van der Waals surface area contributed by atoms with Gasteiger partial charge in [-0.1, -0.05) is 36.7 Å². The van der Waals surface area contributed by atoms with E-state index in [-0.39, 0.29) is 17.2 Å². The molecule has 1 N–H and O–H groups in total. The zero-order chi connectivity index (χ0) is 22.2. The summed E-state index contributed by atoms with van der Waals surface area (Å²) >= 11 is 4.99. The number of morpholine rings is 1. The molecule has 0 radical (unpaired) electrons. The Bertz CT molecular complexity index is 972. The predicted octanol–water partition coefficient (Wildman–Crippen LogP) is 5.39. The highest BCUT2D eigenvalue weighted by Gasteiger charge is 2.35. The van der Waals surface area contributed by atoms with Gasteiger partial charge < -0.3 is 15.0 Å². The van der Waals surface area contributed by atoms with Crippen LogP contribution in [-0.4, -0.2) is 43.0 Å². The van der Waals surface area contributed by atoms with Crippen molar-refractivity contribution in [2.24, 2.45) is 11.3 Å². The molecular formula is C24H29BrN2O3S. The number of nitrogens with zero attached hydrogens (tertiary/aromatic N) is 1. The molecule has 0 bridgehead atoms. The minimum Gasteiger partial charge on any atom is -0.378 e. The van der Waals surface area contributed by atoms with Gasteiger partial charge >= 0.3 is 0 Å². The number of anilines is 1. The minimum atomic E-state index is -0.186. The molecule has 31 heavy (non-hydrogen) atoms. The van der Waals surface area contributed by atoms with Crippen molar-refractivity contribution >= 4 is 44.1 Å². The Labute approximate surface area is 196 Å². The number of rotatable bonds is 3. The first-order chi connectivity index (χ1) is 14.7. The van der Waals surface area contributed by atoms with Gasteiger partial charge in [-0.15, -0.1) is 11.3 Å². The molecule has 1 fully saturated rings. The second-order valence-electron chi connectivity index (χ2n) is 9.38. The number of amides is 2. The fourth-order valence-electron chi connectivity index (χ4n) is 4.34. The van der Waals surface area contributed by atoms with E-state index in [1.165, 1.54) is 4.88 Å². The first-order valence-corrected chi connectivity index (χ1v) is 12.4. The minimum absolute atomic E-state index is 0.0149. The summed E-state index contributed by atoms with van der Waals surface area (Å²) < 4.78 is 6.35. The van der Waals surface area contributed by atoms with Crippen molar-refractivity contribution in [1.29, 1.82) is 0 Å². The van der Waals surface area contributed by atoms with Crippen molar-refractivity contribution < 1.29 is 14.3 Å². The molecule has 0 saturated carbocycles. The summed E-state index contributed by atoms with van der Waals surface area (Å²) in [4.78, 5) is 29.6. The highest BCUT2D eigenvalue weighted by Crippen LogP contribution is 2.44. The quantitative estimate of drug-likeness (QED) is 0.609. The van der Waals surface area contributed by atoms with Gasteiger partial charge in [0.05, 0.1) is 18.8 Å². The number of benzene rings is 1. The lowest BCUT2D eigenvalue weighted by Crippen LogP contribution is -2.41. The van der Waals surface area contributed by atoms with Crippen LogP contribution in [0.4, 0.5) is 5.00 Å². The molecule has 166 valence electrons. The van der Waals surface area contributed by atoms with Crippen molar-refractivity contribution in [3.63, 3.8) is 0 Å². The molecule has 4 rings (SSSR count). The Morgan fingerprint density at radius 2 is 1.84 bits per heavy atom. The summed E-state index contributed by atoms with van der Waals surface area (Å²) in [7, 11) is 0. The molecule has 1 atom stereocenters. The van der Waals surface area contributed by atoms with E-state index in [1.54, 1.807) is 23.5 Å². The van der Waals surface area contributed by atoms with Crippen molar-refractivity contribution in [2.45, 2.75) is 40.0 Å². The van der Waals surface area contributed by atoms with Gasteiger partial charge in [0.15, 0.2) is 0 Å². The third-order valence-corrected chi connectivity index (χ3v) is 8.03. The Hall–Kier alpha value is -1.70. The highest BCUT2D eigenvalue weighted by molar-refractivity contribution is 9.10. The second kappa shape index (κ2) is 9.04. The number of hydrogen-bond donors (Lipinski definition) is 1. The van der Waals surface area contributed by atoms with Gasteiger partial charge in [-0.3, -0.25) is 9.59 Å². The lowest BCUT2D eigenvalue weighted by atomic mass is 9.72. The van der Waals surface area contributed by atoms with E-state index in [2.05, 4.69) is 42.0 Å².